The highest BCUT2D eigenvalue weighted by molar-refractivity contribution is 5.96. The minimum absolute atomic E-state index is 0.0938. The normalized spacial score (nSPS) is 12.3. The fourth-order valence-corrected chi connectivity index (χ4v) is 2.34. The van der Waals surface area contributed by atoms with Gasteiger partial charge in [0.2, 0.25) is 0 Å². The summed E-state index contributed by atoms with van der Waals surface area (Å²) in [5.41, 5.74) is 0.185. The number of carbonyl (C=O) groups excluding carboxylic acids is 1. The van der Waals surface area contributed by atoms with Crippen molar-refractivity contribution in [3.05, 3.63) is 29.6 Å². The zero-order chi connectivity index (χ0) is 15.8. The molecule has 0 radical (unpaired) electrons. The van der Waals surface area contributed by atoms with Crippen molar-refractivity contribution in [2.75, 3.05) is 20.3 Å². The first kappa shape index (κ1) is 17.4. The van der Waals surface area contributed by atoms with Crippen LogP contribution in [0.2, 0.25) is 0 Å². The molecule has 1 atom stereocenters. The van der Waals surface area contributed by atoms with Crippen molar-refractivity contribution in [2.24, 2.45) is 11.8 Å². The zero-order valence-electron chi connectivity index (χ0n) is 12.9. The summed E-state index contributed by atoms with van der Waals surface area (Å²) < 4.78 is 18.3. The van der Waals surface area contributed by atoms with Gasteiger partial charge < -0.3 is 15.2 Å². The smallest absolute Gasteiger partial charge is 0.255 e. The Hall–Kier alpha value is -1.62. The molecule has 0 heterocycles. The number of ether oxygens (including phenoxy) is 1. The fourth-order valence-electron chi connectivity index (χ4n) is 2.34. The zero-order valence-corrected chi connectivity index (χ0v) is 12.9. The van der Waals surface area contributed by atoms with Crippen LogP contribution >= 0.6 is 0 Å². The Bertz CT molecular complexity index is 463. The van der Waals surface area contributed by atoms with Gasteiger partial charge in [0.1, 0.15) is 11.6 Å². The third kappa shape index (κ3) is 5.71. The molecular weight excluding hydrogens is 273 g/mol. The van der Waals surface area contributed by atoms with Gasteiger partial charge in [0, 0.05) is 13.2 Å². The Morgan fingerprint density at radius 2 is 2.14 bits per heavy atom. The lowest BCUT2D eigenvalue weighted by molar-refractivity contribution is 0.0938. The Kier molecular flexibility index (Phi) is 7.15. The average Bonchev–Trinajstić information content (AvgIpc) is 2.44. The van der Waals surface area contributed by atoms with Crippen LogP contribution in [0.3, 0.4) is 0 Å². The average molecular weight is 297 g/mol. The summed E-state index contributed by atoms with van der Waals surface area (Å²) in [6.07, 6.45) is 1.56. The largest absolute Gasteiger partial charge is 0.496 e. The van der Waals surface area contributed by atoms with Gasteiger partial charge in [-0.2, -0.15) is 0 Å². The molecule has 118 valence electrons. The molecule has 21 heavy (non-hydrogen) atoms. The van der Waals surface area contributed by atoms with E-state index in [1.54, 1.807) is 0 Å². The van der Waals surface area contributed by atoms with Crippen LogP contribution in [0.25, 0.3) is 0 Å². The first-order valence-electron chi connectivity index (χ1n) is 7.20. The number of nitrogens with one attached hydrogen (secondary N) is 1. The third-order valence-corrected chi connectivity index (χ3v) is 3.30. The number of amides is 1. The van der Waals surface area contributed by atoms with Crippen LogP contribution in [0.4, 0.5) is 4.39 Å². The molecule has 1 aromatic rings. The van der Waals surface area contributed by atoms with E-state index in [4.69, 9.17) is 9.84 Å². The topological polar surface area (TPSA) is 58.6 Å². The number of rotatable bonds is 8. The van der Waals surface area contributed by atoms with Crippen LogP contribution in [0.1, 0.15) is 37.0 Å². The highest BCUT2D eigenvalue weighted by Gasteiger charge is 2.16. The molecule has 0 aliphatic carbocycles. The number of aliphatic hydroxyl groups excluding tert-OH is 1. The Labute approximate surface area is 125 Å². The number of methoxy groups -OCH3 is 1. The first-order chi connectivity index (χ1) is 9.97. The molecule has 0 aliphatic heterocycles. The maximum absolute atomic E-state index is 13.3. The molecule has 0 aliphatic rings. The molecule has 0 bridgehead atoms. The summed E-state index contributed by atoms with van der Waals surface area (Å²) in [7, 11) is 1.44. The number of benzene rings is 1. The predicted octanol–water partition coefficient (Wildman–Crippen LogP) is 2.61. The summed E-state index contributed by atoms with van der Waals surface area (Å²) in [6.45, 7) is 4.75. The molecule has 1 unspecified atom stereocenters. The van der Waals surface area contributed by atoms with Gasteiger partial charge in [0.15, 0.2) is 0 Å². The van der Waals surface area contributed by atoms with Gasteiger partial charge in [-0.05, 0) is 42.9 Å². The van der Waals surface area contributed by atoms with Crippen molar-refractivity contribution >= 4 is 5.91 Å². The van der Waals surface area contributed by atoms with Gasteiger partial charge in [-0.1, -0.05) is 13.8 Å². The van der Waals surface area contributed by atoms with E-state index in [-0.39, 0.29) is 24.0 Å². The fraction of sp³-hybridized carbons (Fsp3) is 0.562. The van der Waals surface area contributed by atoms with Crippen LogP contribution in [-0.2, 0) is 0 Å². The minimum atomic E-state index is -0.477. The lowest BCUT2D eigenvalue weighted by Crippen LogP contribution is -2.30. The molecule has 0 saturated heterocycles. The summed E-state index contributed by atoms with van der Waals surface area (Å²) in [5.74, 6) is 0.199. The maximum Gasteiger partial charge on any atom is 0.255 e. The molecule has 1 rings (SSSR count). The molecule has 0 saturated carbocycles. The van der Waals surface area contributed by atoms with E-state index in [1.165, 1.54) is 19.2 Å². The summed E-state index contributed by atoms with van der Waals surface area (Å²) >= 11 is 0. The van der Waals surface area contributed by atoms with E-state index in [9.17, 15) is 9.18 Å². The van der Waals surface area contributed by atoms with Crippen LogP contribution in [0.5, 0.6) is 5.75 Å². The molecule has 5 heteroatoms. The minimum Gasteiger partial charge on any atom is -0.496 e. The van der Waals surface area contributed by atoms with Gasteiger partial charge in [-0.3, -0.25) is 4.79 Å². The van der Waals surface area contributed by atoms with Crippen molar-refractivity contribution < 1.29 is 19.0 Å². The Balaban J connectivity index is 2.69. The summed E-state index contributed by atoms with van der Waals surface area (Å²) in [5, 5.41) is 11.9. The molecule has 0 fully saturated rings. The molecule has 0 spiro atoms. The second-order valence-corrected chi connectivity index (χ2v) is 5.56. The monoisotopic (exact) mass is 297 g/mol. The third-order valence-electron chi connectivity index (χ3n) is 3.30. The van der Waals surface area contributed by atoms with Crippen molar-refractivity contribution in [1.29, 1.82) is 0 Å². The number of aliphatic hydroxyl groups is 1. The molecular formula is C16H24FNO3. The predicted molar refractivity (Wildman–Crippen MR) is 79.9 cm³/mol. The van der Waals surface area contributed by atoms with E-state index in [0.717, 1.165) is 12.5 Å². The Morgan fingerprint density at radius 1 is 1.43 bits per heavy atom. The molecule has 0 aromatic heterocycles. The molecule has 1 amide bonds. The van der Waals surface area contributed by atoms with Crippen LogP contribution in [0.15, 0.2) is 18.2 Å². The molecule has 2 N–H and O–H groups in total. The second kappa shape index (κ2) is 8.62. The highest BCUT2D eigenvalue weighted by Crippen LogP contribution is 2.20. The summed E-state index contributed by atoms with van der Waals surface area (Å²) in [6, 6.07) is 3.85. The van der Waals surface area contributed by atoms with Crippen molar-refractivity contribution in [1.82, 2.24) is 5.32 Å². The van der Waals surface area contributed by atoms with E-state index in [0.29, 0.717) is 24.6 Å². The number of carbonyl (C=O) groups is 1. The standard InChI is InChI=1S/C16H24FNO3/c1-11(2)8-12(6-7-19)10-18-16(20)14-9-13(17)4-5-15(14)21-3/h4-5,9,11-12,19H,6-8,10H2,1-3H3,(H,18,20). The Morgan fingerprint density at radius 3 is 2.71 bits per heavy atom. The van der Waals surface area contributed by atoms with E-state index in [2.05, 4.69) is 19.2 Å². The van der Waals surface area contributed by atoms with Crippen LogP contribution in [0, 0.1) is 17.7 Å². The number of hydrogen-bond donors (Lipinski definition) is 2. The van der Waals surface area contributed by atoms with Crippen molar-refractivity contribution in [2.45, 2.75) is 26.7 Å². The van der Waals surface area contributed by atoms with Gasteiger partial charge in [-0.15, -0.1) is 0 Å². The number of hydrogen-bond acceptors (Lipinski definition) is 3. The van der Waals surface area contributed by atoms with Crippen molar-refractivity contribution in [3.63, 3.8) is 0 Å². The lowest BCUT2D eigenvalue weighted by Gasteiger charge is -2.19. The van der Waals surface area contributed by atoms with Crippen molar-refractivity contribution in [3.8, 4) is 5.75 Å². The van der Waals surface area contributed by atoms with Gasteiger partial charge >= 0.3 is 0 Å². The molecule has 1 aromatic carbocycles. The first-order valence-corrected chi connectivity index (χ1v) is 7.20. The SMILES string of the molecule is COc1ccc(F)cc1C(=O)NCC(CCO)CC(C)C. The summed E-state index contributed by atoms with van der Waals surface area (Å²) in [4.78, 5) is 12.2. The van der Waals surface area contributed by atoms with Gasteiger partial charge in [-0.25, -0.2) is 4.39 Å². The van der Waals surface area contributed by atoms with E-state index < -0.39 is 5.82 Å². The van der Waals surface area contributed by atoms with Crippen LogP contribution < -0.4 is 10.1 Å². The van der Waals surface area contributed by atoms with Crippen LogP contribution in [-0.4, -0.2) is 31.3 Å². The quantitative estimate of drug-likeness (QED) is 0.775. The number of halogens is 1. The second-order valence-electron chi connectivity index (χ2n) is 5.56. The molecule has 4 nitrogen and oxygen atoms in total. The highest BCUT2D eigenvalue weighted by atomic mass is 19.1. The van der Waals surface area contributed by atoms with Gasteiger partial charge in [0.25, 0.3) is 5.91 Å². The lowest BCUT2D eigenvalue weighted by atomic mass is 9.94. The maximum atomic E-state index is 13.3. The van der Waals surface area contributed by atoms with E-state index >= 15 is 0 Å². The van der Waals surface area contributed by atoms with E-state index in [1.807, 2.05) is 0 Å². The van der Waals surface area contributed by atoms with Gasteiger partial charge in [0.05, 0.1) is 12.7 Å².